The summed E-state index contributed by atoms with van der Waals surface area (Å²) in [7, 11) is 1.79. The van der Waals surface area contributed by atoms with Crippen molar-refractivity contribution in [2.75, 3.05) is 33.3 Å². The summed E-state index contributed by atoms with van der Waals surface area (Å²) in [5.74, 6) is 0.588. The third-order valence-electron chi connectivity index (χ3n) is 5.92. The zero-order valence-electron chi connectivity index (χ0n) is 18.2. The Labute approximate surface area is 197 Å². The Kier molecular flexibility index (Phi) is 9.83. The van der Waals surface area contributed by atoms with Crippen LogP contribution in [-0.2, 0) is 22.6 Å². The first-order chi connectivity index (χ1) is 14.0. The van der Waals surface area contributed by atoms with Crippen molar-refractivity contribution in [1.29, 1.82) is 0 Å². The number of piperidine rings is 1. The van der Waals surface area contributed by atoms with Gasteiger partial charge in [0.25, 0.3) is 0 Å². The molecule has 0 aliphatic carbocycles. The fourth-order valence-electron chi connectivity index (χ4n) is 4.18. The Morgan fingerprint density at radius 1 is 1.33 bits per heavy atom. The number of guanidine groups is 1. The molecule has 4 N–H and O–H groups in total. The summed E-state index contributed by atoms with van der Waals surface area (Å²) in [6.07, 6.45) is 4.13. The summed E-state index contributed by atoms with van der Waals surface area (Å²) in [5.41, 5.74) is 7.86. The number of carbonyl (C=O) groups excluding carboxylic acids is 1. The number of nitrogens with two attached hydrogens (primary N) is 1. The lowest BCUT2D eigenvalue weighted by Crippen LogP contribution is -2.45. The average molecular weight is 529 g/mol. The molecule has 0 spiro atoms. The van der Waals surface area contributed by atoms with Crippen LogP contribution in [0.15, 0.2) is 29.3 Å². The fourth-order valence-corrected chi connectivity index (χ4v) is 4.18. The van der Waals surface area contributed by atoms with Crippen LogP contribution in [0, 0.1) is 5.92 Å². The Balaban J connectivity index is 0.00000320. The van der Waals surface area contributed by atoms with Gasteiger partial charge in [0.05, 0.1) is 11.5 Å². The molecule has 2 unspecified atom stereocenters. The number of primary amides is 1. The van der Waals surface area contributed by atoms with Gasteiger partial charge in [-0.2, -0.15) is 0 Å². The molecule has 2 aliphatic heterocycles. The Morgan fingerprint density at radius 2 is 2.13 bits per heavy atom. The second-order valence-electron chi connectivity index (χ2n) is 8.48. The molecule has 0 saturated carbocycles. The van der Waals surface area contributed by atoms with E-state index in [0.29, 0.717) is 6.54 Å². The molecule has 0 aromatic heterocycles. The Morgan fingerprint density at radius 3 is 2.83 bits per heavy atom. The number of benzene rings is 1. The number of amides is 1. The Hall–Kier alpha value is -1.39. The van der Waals surface area contributed by atoms with Crippen molar-refractivity contribution in [1.82, 2.24) is 15.5 Å². The first-order valence-electron chi connectivity index (χ1n) is 10.7. The van der Waals surface area contributed by atoms with Crippen LogP contribution in [0.5, 0.6) is 0 Å². The summed E-state index contributed by atoms with van der Waals surface area (Å²) in [6.45, 7) is 7.07. The lowest BCUT2D eigenvalue weighted by atomic mass is 9.97. The largest absolute Gasteiger partial charge is 0.373 e. The first kappa shape index (κ1) is 24.9. The summed E-state index contributed by atoms with van der Waals surface area (Å²) in [6, 6.07) is 8.57. The van der Waals surface area contributed by atoms with Crippen LogP contribution in [0.4, 0.5) is 0 Å². The van der Waals surface area contributed by atoms with E-state index >= 15 is 0 Å². The zero-order chi connectivity index (χ0) is 20.7. The normalized spacial score (nSPS) is 24.9. The zero-order valence-corrected chi connectivity index (χ0v) is 20.5. The molecule has 2 aliphatic rings. The highest BCUT2D eigenvalue weighted by atomic mass is 127. The molecule has 2 saturated heterocycles. The van der Waals surface area contributed by atoms with Gasteiger partial charge >= 0.3 is 0 Å². The van der Waals surface area contributed by atoms with Crippen LogP contribution >= 0.6 is 24.0 Å². The van der Waals surface area contributed by atoms with Crippen molar-refractivity contribution in [2.24, 2.45) is 16.6 Å². The van der Waals surface area contributed by atoms with Crippen LogP contribution in [0.1, 0.15) is 43.7 Å². The van der Waals surface area contributed by atoms with E-state index in [1.54, 1.807) is 7.05 Å². The number of rotatable bonds is 7. The average Bonchev–Trinajstić information content (AvgIpc) is 3.15. The lowest BCUT2D eigenvalue weighted by molar-refractivity contribution is -0.123. The van der Waals surface area contributed by atoms with Crippen molar-refractivity contribution in [3.05, 3.63) is 35.4 Å². The van der Waals surface area contributed by atoms with Crippen molar-refractivity contribution in [2.45, 2.75) is 51.3 Å². The minimum absolute atomic E-state index is 0. The standard InChI is InChI=1S/C22H35N5O2.HI/c1-22(9-5-11-29-22)16-26-21(24-2)25-13-17-6-3-7-18(12-17)14-27-10-4-8-19(15-27)20(23)28;/h3,6-7,12,19H,4-5,8-11,13-16H2,1-2H3,(H2,23,28)(H2,24,25,26);1H. The third kappa shape index (κ3) is 7.39. The molecule has 1 aromatic carbocycles. The van der Waals surface area contributed by atoms with Gasteiger partial charge in [0.15, 0.2) is 5.96 Å². The monoisotopic (exact) mass is 529 g/mol. The maximum Gasteiger partial charge on any atom is 0.221 e. The molecule has 2 atom stereocenters. The molecule has 30 heavy (non-hydrogen) atoms. The summed E-state index contributed by atoms with van der Waals surface area (Å²) in [4.78, 5) is 18.2. The van der Waals surface area contributed by atoms with Gasteiger partial charge in [0.2, 0.25) is 5.91 Å². The van der Waals surface area contributed by atoms with E-state index in [2.05, 4.69) is 51.7 Å². The van der Waals surface area contributed by atoms with Gasteiger partial charge in [-0.05, 0) is 50.3 Å². The summed E-state index contributed by atoms with van der Waals surface area (Å²) >= 11 is 0. The van der Waals surface area contributed by atoms with Gasteiger partial charge in [0.1, 0.15) is 0 Å². The van der Waals surface area contributed by atoms with E-state index < -0.39 is 0 Å². The van der Waals surface area contributed by atoms with Crippen LogP contribution in [0.2, 0.25) is 0 Å². The number of nitrogens with zero attached hydrogens (tertiary/aromatic N) is 2. The second-order valence-corrected chi connectivity index (χ2v) is 8.48. The molecule has 1 amide bonds. The number of hydrogen-bond acceptors (Lipinski definition) is 4. The molecule has 168 valence electrons. The van der Waals surface area contributed by atoms with Crippen LogP contribution in [-0.4, -0.2) is 55.7 Å². The third-order valence-corrected chi connectivity index (χ3v) is 5.92. The predicted octanol–water partition coefficient (Wildman–Crippen LogP) is 2.24. The maximum atomic E-state index is 11.5. The molecule has 2 fully saturated rings. The van der Waals surface area contributed by atoms with E-state index in [1.807, 2.05) is 0 Å². The molecule has 7 nitrogen and oxygen atoms in total. The summed E-state index contributed by atoms with van der Waals surface area (Å²) in [5, 5.41) is 6.77. The van der Waals surface area contributed by atoms with Crippen LogP contribution < -0.4 is 16.4 Å². The van der Waals surface area contributed by atoms with Gasteiger partial charge in [-0.1, -0.05) is 24.3 Å². The highest BCUT2D eigenvalue weighted by molar-refractivity contribution is 14.0. The van der Waals surface area contributed by atoms with Crippen molar-refractivity contribution in [3.8, 4) is 0 Å². The lowest BCUT2D eigenvalue weighted by Gasteiger charge is -2.31. The minimum atomic E-state index is -0.177. The molecule has 1 aromatic rings. The highest BCUT2D eigenvalue weighted by Crippen LogP contribution is 2.23. The number of carbonyl (C=O) groups is 1. The van der Waals surface area contributed by atoms with E-state index in [4.69, 9.17) is 10.5 Å². The molecule has 3 rings (SSSR count). The predicted molar refractivity (Wildman–Crippen MR) is 131 cm³/mol. The quantitative estimate of drug-likeness (QED) is 0.286. The molecule has 0 radical (unpaired) electrons. The van der Waals surface area contributed by atoms with E-state index in [-0.39, 0.29) is 41.4 Å². The molecule has 8 heteroatoms. The SMILES string of the molecule is CN=C(NCc1cccc(CN2CCCC(C(N)=O)C2)c1)NCC1(C)CCCO1.I. The second kappa shape index (κ2) is 11.9. The van der Waals surface area contributed by atoms with Crippen molar-refractivity contribution < 1.29 is 9.53 Å². The number of halogens is 1. The van der Waals surface area contributed by atoms with E-state index in [0.717, 1.165) is 64.4 Å². The van der Waals surface area contributed by atoms with Gasteiger partial charge in [0, 0.05) is 39.8 Å². The van der Waals surface area contributed by atoms with Crippen molar-refractivity contribution in [3.63, 3.8) is 0 Å². The smallest absolute Gasteiger partial charge is 0.221 e. The van der Waals surface area contributed by atoms with E-state index in [9.17, 15) is 4.79 Å². The Bertz CT molecular complexity index is 721. The van der Waals surface area contributed by atoms with Gasteiger partial charge < -0.3 is 21.1 Å². The molecular weight excluding hydrogens is 493 g/mol. The number of ether oxygens (including phenoxy) is 1. The summed E-state index contributed by atoms with van der Waals surface area (Å²) < 4.78 is 5.83. The number of nitrogens with one attached hydrogen (secondary N) is 2. The topological polar surface area (TPSA) is 92.0 Å². The number of hydrogen-bond donors (Lipinski definition) is 3. The highest BCUT2D eigenvalue weighted by Gasteiger charge is 2.29. The minimum Gasteiger partial charge on any atom is -0.373 e. The van der Waals surface area contributed by atoms with Gasteiger partial charge in [-0.15, -0.1) is 24.0 Å². The van der Waals surface area contributed by atoms with E-state index in [1.165, 1.54) is 11.1 Å². The van der Waals surface area contributed by atoms with Crippen molar-refractivity contribution >= 4 is 35.8 Å². The molecule has 0 bridgehead atoms. The van der Waals surface area contributed by atoms with Gasteiger partial charge in [-0.25, -0.2) is 0 Å². The van der Waals surface area contributed by atoms with Crippen LogP contribution in [0.3, 0.4) is 0 Å². The molecule has 2 heterocycles. The number of likely N-dealkylation sites (tertiary alicyclic amines) is 1. The van der Waals surface area contributed by atoms with Crippen LogP contribution in [0.25, 0.3) is 0 Å². The number of aliphatic imine (C=N–C) groups is 1. The van der Waals surface area contributed by atoms with Gasteiger partial charge in [-0.3, -0.25) is 14.7 Å². The molecular formula is C22H36IN5O2. The maximum absolute atomic E-state index is 11.5. The fraction of sp³-hybridized carbons (Fsp3) is 0.636. The first-order valence-corrected chi connectivity index (χ1v) is 10.7.